The lowest BCUT2D eigenvalue weighted by Crippen LogP contribution is -2.47. The highest BCUT2D eigenvalue weighted by Crippen LogP contribution is 2.37. The van der Waals surface area contributed by atoms with Gasteiger partial charge in [-0.25, -0.2) is 0 Å². The number of carbonyl (C=O) groups is 2. The predicted molar refractivity (Wildman–Crippen MR) is 93.3 cm³/mol. The molecule has 1 aromatic carbocycles. The third kappa shape index (κ3) is 3.31. The molecule has 0 saturated carbocycles. The molecule has 2 saturated heterocycles. The normalized spacial score (nSPS) is 27.6. The first-order valence-electron chi connectivity index (χ1n) is 8.85. The van der Waals surface area contributed by atoms with E-state index in [4.69, 9.17) is 0 Å². The van der Waals surface area contributed by atoms with Crippen LogP contribution in [0.5, 0.6) is 0 Å². The molecular formula is C19H27N3O2. The maximum Gasteiger partial charge on any atom is 0.228 e. The van der Waals surface area contributed by atoms with Crippen LogP contribution in [0.4, 0.5) is 0 Å². The minimum Gasteiger partial charge on any atom is -0.342 e. The van der Waals surface area contributed by atoms with E-state index >= 15 is 0 Å². The van der Waals surface area contributed by atoms with Crippen LogP contribution in [0, 0.1) is 11.8 Å². The minimum absolute atomic E-state index is 0.127. The van der Waals surface area contributed by atoms with Gasteiger partial charge in [-0.05, 0) is 37.9 Å². The van der Waals surface area contributed by atoms with Gasteiger partial charge in [0, 0.05) is 26.6 Å². The third-order valence-electron chi connectivity index (χ3n) is 5.41. The van der Waals surface area contributed by atoms with E-state index in [2.05, 4.69) is 5.32 Å². The number of nitrogens with one attached hydrogen (secondary N) is 1. The van der Waals surface area contributed by atoms with Crippen LogP contribution >= 0.6 is 0 Å². The second-order valence-electron chi connectivity index (χ2n) is 7.00. The first-order chi connectivity index (χ1) is 11.6. The molecule has 2 aliphatic heterocycles. The zero-order valence-electron chi connectivity index (χ0n) is 14.6. The van der Waals surface area contributed by atoms with Crippen LogP contribution in [0.3, 0.4) is 0 Å². The first-order valence-corrected chi connectivity index (χ1v) is 8.85. The zero-order valence-corrected chi connectivity index (χ0v) is 14.6. The summed E-state index contributed by atoms with van der Waals surface area (Å²) in [6, 6.07) is 9.81. The van der Waals surface area contributed by atoms with Gasteiger partial charge in [-0.3, -0.25) is 9.59 Å². The van der Waals surface area contributed by atoms with E-state index < -0.39 is 0 Å². The molecule has 0 spiro atoms. The van der Waals surface area contributed by atoms with Crippen LogP contribution in [0.25, 0.3) is 0 Å². The highest BCUT2D eigenvalue weighted by atomic mass is 16.2. The van der Waals surface area contributed by atoms with E-state index in [1.807, 2.05) is 49.3 Å². The summed E-state index contributed by atoms with van der Waals surface area (Å²) < 4.78 is 0. The highest BCUT2D eigenvalue weighted by molar-refractivity contribution is 5.85. The standard InChI is InChI=1S/C19H27N3O2/c1-20-12-14-10-11-22(13-14)19(24)16-8-9-17(23)21(2)18(16)15-6-4-3-5-7-15/h3-7,14,16,18,20H,8-13H2,1-2H3. The molecule has 3 rings (SSSR count). The molecule has 3 unspecified atom stereocenters. The van der Waals surface area contributed by atoms with Gasteiger partial charge in [0.15, 0.2) is 0 Å². The summed E-state index contributed by atoms with van der Waals surface area (Å²) in [7, 11) is 3.78. The molecule has 0 aliphatic carbocycles. The van der Waals surface area contributed by atoms with Crippen LogP contribution in [0.15, 0.2) is 30.3 Å². The fraction of sp³-hybridized carbons (Fsp3) is 0.579. The van der Waals surface area contributed by atoms with Crippen molar-refractivity contribution in [1.29, 1.82) is 0 Å². The van der Waals surface area contributed by atoms with Crippen LogP contribution in [-0.2, 0) is 9.59 Å². The van der Waals surface area contributed by atoms with E-state index in [-0.39, 0.29) is 23.8 Å². The van der Waals surface area contributed by atoms with Gasteiger partial charge in [0.05, 0.1) is 12.0 Å². The molecular weight excluding hydrogens is 302 g/mol. The van der Waals surface area contributed by atoms with Crippen LogP contribution in [0.2, 0.25) is 0 Å². The van der Waals surface area contributed by atoms with Crippen molar-refractivity contribution in [2.75, 3.05) is 33.7 Å². The second-order valence-corrected chi connectivity index (χ2v) is 7.00. The summed E-state index contributed by atoms with van der Waals surface area (Å²) in [6.07, 6.45) is 2.17. The Bertz CT molecular complexity index is 590. The van der Waals surface area contributed by atoms with Gasteiger partial charge in [0.2, 0.25) is 11.8 Å². The number of carbonyl (C=O) groups excluding carboxylic acids is 2. The van der Waals surface area contributed by atoms with E-state index in [1.54, 1.807) is 4.90 Å². The van der Waals surface area contributed by atoms with Crippen molar-refractivity contribution in [2.45, 2.75) is 25.3 Å². The van der Waals surface area contributed by atoms with Crippen molar-refractivity contribution < 1.29 is 9.59 Å². The SMILES string of the molecule is CNCC1CCN(C(=O)C2CCC(=O)N(C)C2c2ccccc2)C1. The molecule has 5 nitrogen and oxygen atoms in total. The molecule has 0 radical (unpaired) electrons. The highest BCUT2D eigenvalue weighted by Gasteiger charge is 2.41. The number of piperidine rings is 1. The van der Waals surface area contributed by atoms with Crippen molar-refractivity contribution in [2.24, 2.45) is 11.8 Å². The van der Waals surface area contributed by atoms with Gasteiger partial charge in [0.1, 0.15) is 0 Å². The average molecular weight is 329 g/mol. The number of likely N-dealkylation sites (tertiary alicyclic amines) is 2. The average Bonchev–Trinajstić information content (AvgIpc) is 3.06. The van der Waals surface area contributed by atoms with Crippen LogP contribution in [-0.4, -0.2) is 55.3 Å². The molecule has 2 heterocycles. The van der Waals surface area contributed by atoms with Crippen molar-refractivity contribution in [1.82, 2.24) is 15.1 Å². The number of rotatable bonds is 4. The smallest absolute Gasteiger partial charge is 0.228 e. The van der Waals surface area contributed by atoms with Crippen molar-refractivity contribution in [3.8, 4) is 0 Å². The summed E-state index contributed by atoms with van der Waals surface area (Å²) in [4.78, 5) is 29.1. The van der Waals surface area contributed by atoms with Gasteiger partial charge in [-0.2, -0.15) is 0 Å². The molecule has 130 valence electrons. The second kappa shape index (κ2) is 7.34. The largest absolute Gasteiger partial charge is 0.342 e. The third-order valence-corrected chi connectivity index (χ3v) is 5.41. The summed E-state index contributed by atoms with van der Waals surface area (Å²) >= 11 is 0. The molecule has 0 bridgehead atoms. The topological polar surface area (TPSA) is 52.7 Å². The molecule has 0 aromatic heterocycles. The van der Waals surface area contributed by atoms with Gasteiger partial charge < -0.3 is 15.1 Å². The molecule has 5 heteroatoms. The number of hydrogen-bond acceptors (Lipinski definition) is 3. The zero-order chi connectivity index (χ0) is 17.1. The summed E-state index contributed by atoms with van der Waals surface area (Å²) in [5, 5.41) is 3.21. The minimum atomic E-state index is -0.150. The fourth-order valence-electron chi connectivity index (χ4n) is 4.13. The van der Waals surface area contributed by atoms with Gasteiger partial charge in [0.25, 0.3) is 0 Å². The quantitative estimate of drug-likeness (QED) is 0.914. The van der Waals surface area contributed by atoms with Gasteiger partial charge >= 0.3 is 0 Å². The number of hydrogen-bond donors (Lipinski definition) is 1. The van der Waals surface area contributed by atoms with Gasteiger partial charge in [-0.15, -0.1) is 0 Å². The Balaban J connectivity index is 1.79. The summed E-state index contributed by atoms with van der Waals surface area (Å²) in [5.41, 5.74) is 1.05. The van der Waals surface area contributed by atoms with Gasteiger partial charge in [-0.1, -0.05) is 30.3 Å². The summed E-state index contributed by atoms with van der Waals surface area (Å²) in [6.45, 7) is 2.62. The van der Waals surface area contributed by atoms with E-state index in [1.165, 1.54) is 0 Å². The Morgan fingerprint density at radius 3 is 2.71 bits per heavy atom. The van der Waals surface area contributed by atoms with E-state index in [0.29, 0.717) is 18.8 Å². The molecule has 2 amide bonds. The Morgan fingerprint density at radius 2 is 2.00 bits per heavy atom. The Hall–Kier alpha value is -1.88. The Morgan fingerprint density at radius 1 is 1.25 bits per heavy atom. The molecule has 1 N–H and O–H groups in total. The van der Waals surface area contributed by atoms with Crippen molar-refractivity contribution >= 4 is 11.8 Å². The monoisotopic (exact) mass is 329 g/mol. The van der Waals surface area contributed by atoms with Crippen LogP contribution in [0.1, 0.15) is 30.9 Å². The van der Waals surface area contributed by atoms with Crippen molar-refractivity contribution in [3.63, 3.8) is 0 Å². The Labute approximate surface area is 144 Å². The van der Waals surface area contributed by atoms with E-state index in [9.17, 15) is 9.59 Å². The summed E-state index contributed by atoms with van der Waals surface area (Å²) in [5.74, 6) is 0.740. The molecule has 2 fully saturated rings. The lowest BCUT2D eigenvalue weighted by atomic mass is 9.83. The maximum absolute atomic E-state index is 13.2. The first kappa shape index (κ1) is 17.0. The van der Waals surface area contributed by atoms with E-state index in [0.717, 1.165) is 31.6 Å². The molecule has 3 atom stereocenters. The fourth-order valence-corrected chi connectivity index (χ4v) is 4.13. The maximum atomic E-state index is 13.2. The number of amides is 2. The molecule has 1 aromatic rings. The molecule has 24 heavy (non-hydrogen) atoms. The predicted octanol–water partition coefficient (Wildman–Crippen LogP) is 1.66. The number of nitrogens with zero attached hydrogens (tertiary/aromatic N) is 2. The number of benzene rings is 1. The Kier molecular flexibility index (Phi) is 5.19. The lowest BCUT2D eigenvalue weighted by Gasteiger charge is -2.40. The van der Waals surface area contributed by atoms with Crippen molar-refractivity contribution in [3.05, 3.63) is 35.9 Å². The van der Waals surface area contributed by atoms with Crippen LogP contribution < -0.4 is 5.32 Å². The molecule has 2 aliphatic rings. The lowest BCUT2D eigenvalue weighted by molar-refractivity contribution is -0.146.